The molecule has 0 atom stereocenters. The van der Waals surface area contributed by atoms with E-state index in [1.54, 1.807) is 23.8 Å². The molecule has 1 amide bonds. The monoisotopic (exact) mass is 497 g/mol. The summed E-state index contributed by atoms with van der Waals surface area (Å²) in [7, 11) is 1.58. The van der Waals surface area contributed by atoms with Crippen molar-refractivity contribution in [3.8, 4) is 0 Å². The first-order chi connectivity index (χ1) is 15.0. The molecule has 4 rings (SSSR count). The summed E-state index contributed by atoms with van der Waals surface area (Å²) in [6, 6.07) is 19.2. The summed E-state index contributed by atoms with van der Waals surface area (Å²) in [6.45, 7) is 0.733. The molecule has 158 valence electrons. The van der Waals surface area contributed by atoms with Gasteiger partial charge in [0.05, 0.1) is 29.8 Å². The molecule has 1 heterocycles. The molecule has 3 aromatic carbocycles. The van der Waals surface area contributed by atoms with Crippen molar-refractivity contribution >= 4 is 61.0 Å². The van der Waals surface area contributed by atoms with Gasteiger partial charge in [-0.3, -0.25) is 14.2 Å². The third kappa shape index (κ3) is 4.98. The minimum Gasteiger partial charge on any atom is -0.383 e. The first-order valence-electron chi connectivity index (χ1n) is 9.65. The van der Waals surface area contributed by atoms with Gasteiger partial charge in [-0.2, -0.15) is 0 Å². The number of thioether (sulfide) groups is 1. The van der Waals surface area contributed by atoms with Gasteiger partial charge in [-0.15, -0.1) is 0 Å². The zero-order chi connectivity index (χ0) is 21.8. The average molecular weight is 498 g/mol. The van der Waals surface area contributed by atoms with Gasteiger partial charge in [-0.1, -0.05) is 58.0 Å². The van der Waals surface area contributed by atoms with Crippen molar-refractivity contribution in [1.82, 2.24) is 9.55 Å². The second-order valence-corrected chi connectivity index (χ2v) is 8.76. The fourth-order valence-electron chi connectivity index (χ4n) is 3.26. The van der Waals surface area contributed by atoms with Gasteiger partial charge < -0.3 is 10.1 Å². The molecule has 6 nitrogen and oxygen atoms in total. The number of halogens is 1. The van der Waals surface area contributed by atoms with Crippen molar-refractivity contribution in [1.29, 1.82) is 0 Å². The lowest BCUT2D eigenvalue weighted by molar-refractivity contribution is -0.113. The van der Waals surface area contributed by atoms with Crippen LogP contribution in [0.4, 0.5) is 5.69 Å². The Hall–Kier alpha value is -2.68. The van der Waals surface area contributed by atoms with Crippen LogP contribution in [0.15, 0.2) is 75.1 Å². The highest BCUT2D eigenvalue weighted by Gasteiger charge is 2.14. The number of carbonyl (C=O) groups excluding carboxylic acids is 1. The predicted octanol–water partition coefficient (Wildman–Crippen LogP) is 4.69. The number of hydrogen-bond donors (Lipinski definition) is 1. The van der Waals surface area contributed by atoms with E-state index < -0.39 is 0 Å². The van der Waals surface area contributed by atoms with Gasteiger partial charge in [0.2, 0.25) is 5.91 Å². The third-order valence-corrected chi connectivity index (χ3v) is 6.24. The van der Waals surface area contributed by atoms with Crippen LogP contribution in [-0.4, -0.2) is 34.9 Å². The molecule has 0 unspecified atom stereocenters. The van der Waals surface area contributed by atoms with E-state index in [2.05, 4.69) is 26.2 Å². The Morgan fingerprint density at radius 2 is 1.94 bits per heavy atom. The third-order valence-electron chi connectivity index (χ3n) is 4.77. The molecule has 0 bridgehead atoms. The van der Waals surface area contributed by atoms with E-state index in [1.807, 2.05) is 48.5 Å². The molecule has 0 aliphatic heterocycles. The maximum absolute atomic E-state index is 13.0. The average Bonchev–Trinajstić information content (AvgIpc) is 2.77. The summed E-state index contributed by atoms with van der Waals surface area (Å²) in [5.74, 6) is -0.0300. The Kier molecular flexibility index (Phi) is 6.70. The molecule has 4 aromatic rings. The van der Waals surface area contributed by atoms with Crippen molar-refractivity contribution in [2.75, 3.05) is 24.8 Å². The number of nitrogens with one attached hydrogen (secondary N) is 1. The summed E-state index contributed by atoms with van der Waals surface area (Å²) in [6.07, 6.45) is 0. The molecular weight excluding hydrogens is 478 g/mol. The molecule has 1 N–H and O–H groups in total. The minimum absolute atomic E-state index is 0.133. The maximum atomic E-state index is 13.0. The van der Waals surface area contributed by atoms with E-state index in [-0.39, 0.29) is 17.2 Å². The van der Waals surface area contributed by atoms with E-state index in [9.17, 15) is 9.59 Å². The van der Waals surface area contributed by atoms with Gasteiger partial charge >= 0.3 is 0 Å². The SMILES string of the molecule is COCCn1c(SCC(=O)Nc2ccc3ccccc3c2)nc2ccc(Br)cc2c1=O. The quantitative estimate of drug-likeness (QED) is 0.296. The lowest BCUT2D eigenvalue weighted by atomic mass is 10.1. The van der Waals surface area contributed by atoms with Crippen LogP contribution in [0.25, 0.3) is 21.7 Å². The van der Waals surface area contributed by atoms with Crippen molar-refractivity contribution < 1.29 is 9.53 Å². The number of rotatable bonds is 7. The number of ether oxygens (including phenoxy) is 1. The first-order valence-corrected chi connectivity index (χ1v) is 11.4. The zero-order valence-electron chi connectivity index (χ0n) is 16.8. The number of aromatic nitrogens is 2. The zero-order valence-corrected chi connectivity index (χ0v) is 19.2. The molecule has 1 aromatic heterocycles. The van der Waals surface area contributed by atoms with Crippen molar-refractivity contribution in [3.05, 3.63) is 75.5 Å². The van der Waals surface area contributed by atoms with Crippen LogP contribution in [0, 0.1) is 0 Å². The number of hydrogen-bond acceptors (Lipinski definition) is 5. The Balaban J connectivity index is 1.54. The standard InChI is InChI=1S/C23H20BrN3O3S/c1-30-11-10-27-22(29)19-13-17(24)7-9-20(19)26-23(27)31-14-21(28)25-18-8-6-15-4-2-3-5-16(15)12-18/h2-9,12-13H,10-11,14H2,1H3,(H,25,28). The highest BCUT2D eigenvalue weighted by molar-refractivity contribution is 9.10. The molecule has 0 radical (unpaired) electrons. The van der Waals surface area contributed by atoms with Crippen molar-refractivity contribution in [3.63, 3.8) is 0 Å². The molecule has 0 saturated heterocycles. The lowest BCUT2D eigenvalue weighted by Crippen LogP contribution is -2.26. The van der Waals surface area contributed by atoms with Gasteiger partial charge in [-0.05, 0) is 41.1 Å². The van der Waals surface area contributed by atoms with E-state index in [0.29, 0.717) is 29.2 Å². The number of amides is 1. The van der Waals surface area contributed by atoms with E-state index in [4.69, 9.17) is 4.74 Å². The van der Waals surface area contributed by atoms with E-state index in [1.165, 1.54) is 11.8 Å². The fourth-order valence-corrected chi connectivity index (χ4v) is 4.44. The highest BCUT2D eigenvalue weighted by Crippen LogP contribution is 2.22. The topological polar surface area (TPSA) is 73.2 Å². The molecular formula is C23H20BrN3O3S. The van der Waals surface area contributed by atoms with Crippen LogP contribution in [0.3, 0.4) is 0 Å². The van der Waals surface area contributed by atoms with E-state index in [0.717, 1.165) is 20.9 Å². The van der Waals surface area contributed by atoms with Gasteiger partial charge in [0.15, 0.2) is 5.16 Å². The van der Waals surface area contributed by atoms with Crippen LogP contribution in [0.5, 0.6) is 0 Å². The van der Waals surface area contributed by atoms with Gasteiger partial charge in [0, 0.05) is 17.3 Å². The van der Waals surface area contributed by atoms with Crippen LogP contribution in [0.1, 0.15) is 0 Å². The Labute approximate surface area is 191 Å². The van der Waals surface area contributed by atoms with Gasteiger partial charge in [0.1, 0.15) is 0 Å². The molecule has 0 aliphatic rings. The number of nitrogens with zero attached hydrogens (tertiary/aromatic N) is 2. The van der Waals surface area contributed by atoms with Crippen LogP contribution < -0.4 is 10.9 Å². The highest BCUT2D eigenvalue weighted by atomic mass is 79.9. The summed E-state index contributed by atoms with van der Waals surface area (Å²) >= 11 is 4.63. The maximum Gasteiger partial charge on any atom is 0.262 e. The van der Waals surface area contributed by atoms with Gasteiger partial charge in [0.25, 0.3) is 5.56 Å². The Morgan fingerprint density at radius 3 is 2.74 bits per heavy atom. The van der Waals surface area contributed by atoms with Gasteiger partial charge in [-0.25, -0.2) is 4.98 Å². The summed E-state index contributed by atoms with van der Waals surface area (Å²) in [5.41, 5.74) is 1.18. The normalized spacial score (nSPS) is 11.2. The van der Waals surface area contributed by atoms with E-state index >= 15 is 0 Å². The molecule has 0 spiro atoms. The largest absolute Gasteiger partial charge is 0.383 e. The Bertz CT molecular complexity index is 1320. The number of carbonyl (C=O) groups is 1. The molecule has 0 aliphatic carbocycles. The summed E-state index contributed by atoms with van der Waals surface area (Å²) in [4.78, 5) is 30.2. The van der Waals surface area contributed by atoms with Crippen LogP contribution in [0.2, 0.25) is 0 Å². The molecule has 8 heteroatoms. The predicted molar refractivity (Wildman–Crippen MR) is 129 cm³/mol. The number of methoxy groups -OCH3 is 1. The lowest BCUT2D eigenvalue weighted by Gasteiger charge is -2.13. The van der Waals surface area contributed by atoms with Crippen LogP contribution in [-0.2, 0) is 16.1 Å². The summed E-state index contributed by atoms with van der Waals surface area (Å²) < 4.78 is 7.52. The number of anilines is 1. The summed E-state index contributed by atoms with van der Waals surface area (Å²) in [5, 5.41) is 6.11. The molecule has 31 heavy (non-hydrogen) atoms. The second kappa shape index (κ2) is 9.64. The second-order valence-electron chi connectivity index (χ2n) is 6.90. The minimum atomic E-state index is -0.163. The van der Waals surface area contributed by atoms with Crippen molar-refractivity contribution in [2.45, 2.75) is 11.7 Å². The van der Waals surface area contributed by atoms with Crippen LogP contribution >= 0.6 is 27.7 Å². The Morgan fingerprint density at radius 1 is 1.13 bits per heavy atom. The first kappa shape index (κ1) is 21.5. The number of benzene rings is 3. The smallest absolute Gasteiger partial charge is 0.262 e. The molecule has 0 fully saturated rings. The fraction of sp³-hybridized carbons (Fsp3) is 0.174. The number of fused-ring (bicyclic) bond motifs is 2. The van der Waals surface area contributed by atoms with Crippen molar-refractivity contribution in [2.24, 2.45) is 0 Å². The molecule has 0 saturated carbocycles.